The molecule has 0 aliphatic rings. The second-order valence-corrected chi connectivity index (χ2v) is 0.842. The Kier molecular flexibility index (Phi) is 10.7. The second kappa shape index (κ2) is 5.51. The van der Waals surface area contributed by atoms with E-state index < -0.39 is 14.8 Å². The molecule has 26 valence electrons. The zero-order chi connectivity index (χ0) is 3.58. The summed E-state index contributed by atoms with van der Waals surface area (Å²) >= 11 is -3.79. The summed E-state index contributed by atoms with van der Waals surface area (Å²) in [5, 5.41) is 0. The molecule has 5 heteroatoms. The van der Waals surface area contributed by atoms with E-state index >= 15 is 0 Å². The Morgan fingerprint density at radius 3 is 1.40 bits per heavy atom. The Morgan fingerprint density at radius 2 is 1.40 bits per heavy atom. The number of rotatable bonds is 0. The van der Waals surface area contributed by atoms with Crippen LogP contribution in [0.3, 0.4) is 0 Å². The van der Waals surface area contributed by atoms with Gasteiger partial charge in [-0.3, -0.25) is 0 Å². The van der Waals surface area contributed by atoms with E-state index in [0.717, 1.165) is 0 Å². The van der Waals surface area contributed by atoms with Crippen molar-refractivity contribution in [3.8, 4) is 0 Å². The minimum atomic E-state index is -3.79. The van der Waals surface area contributed by atoms with Crippen LogP contribution in [0.5, 0.6) is 0 Å². The molecule has 0 radical (unpaired) electrons. The van der Waals surface area contributed by atoms with Gasteiger partial charge in [-0.2, -0.15) is 0 Å². The summed E-state index contributed by atoms with van der Waals surface area (Å²) in [5.74, 6) is 0. The molecular weight excluding hydrogens is 140 g/mol. The first-order valence-corrected chi connectivity index (χ1v) is 2.06. The second-order valence-electron chi connectivity index (χ2n) is 0.204. The minimum absolute atomic E-state index is 0. The third kappa shape index (κ3) is 29.7. The first kappa shape index (κ1) is 9.72. The van der Waals surface area contributed by atoms with Crippen LogP contribution >= 0.6 is 0 Å². The van der Waals surface area contributed by atoms with Crippen LogP contribution in [0, 0.1) is 0 Å². The van der Waals surface area contributed by atoms with E-state index in [1.165, 1.54) is 0 Å². The van der Waals surface area contributed by atoms with E-state index in [-0.39, 0.29) is 37.7 Å². The van der Waals surface area contributed by atoms with Gasteiger partial charge in [0.15, 0.2) is 0 Å². The van der Waals surface area contributed by atoms with Crippen molar-refractivity contribution in [1.29, 1.82) is 0 Å². The Balaban J connectivity index is 0. The quantitative estimate of drug-likeness (QED) is 0.339. The van der Waals surface area contributed by atoms with Crippen LogP contribution in [0.15, 0.2) is 0 Å². The summed E-state index contributed by atoms with van der Waals surface area (Å²) in [6.45, 7) is 0. The van der Waals surface area contributed by atoms with Crippen molar-refractivity contribution in [2.45, 2.75) is 0 Å². The molecule has 0 amide bonds. The molecule has 0 N–H and O–H groups in total. The van der Waals surface area contributed by atoms with Crippen LogP contribution in [0.1, 0.15) is 0 Å². The van der Waals surface area contributed by atoms with Crippen molar-refractivity contribution in [2.75, 3.05) is 0 Å². The Morgan fingerprint density at radius 1 is 1.40 bits per heavy atom. The van der Waals surface area contributed by atoms with Crippen LogP contribution in [0.25, 0.3) is 0 Å². The molecule has 0 bridgehead atoms. The van der Waals surface area contributed by atoms with Gasteiger partial charge in [0.05, 0.1) is 0 Å². The third-order valence-electron chi connectivity index (χ3n) is 0. The van der Waals surface area contributed by atoms with Gasteiger partial charge in [0, 0.05) is 0 Å². The van der Waals surface area contributed by atoms with Crippen LogP contribution in [-0.2, 0) is 18.6 Å². The van der Waals surface area contributed by atoms with Gasteiger partial charge in [-0.1, -0.05) is 0 Å². The molecule has 0 unspecified atom stereocenters. The molecule has 0 fully saturated rings. The summed E-state index contributed by atoms with van der Waals surface area (Å²) in [4.78, 5) is 0. The van der Waals surface area contributed by atoms with Gasteiger partial charge in [0.1, 0.15) is 0 Å². The van der Waals surface area contributed by atoms with Crippen molar-refractivity contribution in [2.24, 2.45) is 0 Å². The first-order valence-electron chi connectivity index (χ1n) is 0.500. The predicted octanol–water partition coefficient (Wildman–Crippen LogP) is -2.88. The molecule has 0 heterocycles. The molecule has 0 atom stereocenters. The Labute approximate surface area is 63.9 Å². The Hall–Kier alpha value is 1.51. The molecule has 0 spiro atoms. The van der Waals surface area contributed by atoms with Crippen molar-refractivity contribution < 1.29 is 26.9 Å². The van der Waals surface area contributed by atoms with E-state index in [9.17, 15) is 0 Å². The van der Waals surface area contributed by atoms with Gasteiger partial charge >= 0.3 is 64.6 Å². The molecule has 0 saturated carbocycles. The molecular formula is CaCrO3. The van der Waals surface area contributed by atoms with Crippen molar-refractivity contribution in [1.82, 2.24) is 0 Å². The average molecular weight is 140 g/mol. The van der Waals surface area contributed by atoms with Crippen LogP contribution < -0.4 is 8.32 Å². The van der Waals surface area contributed by atoms with Crippen molar-refractivity contribution in [3.05, 3.63) is 0 Å². The molecule has 0 rings (SSSR count). The molecule has 3 nitrogen and oxygen atoms in total. The average Bonchev–Trinajstić information content (AvgIpc) is 0.811. The van der Waals surface area contributed by atoms with Crippen LogP contribution in [0.4, 0.5) is 0 Å². The monoisotopic (exact) mass is 140 g/mol. The first-order chi connectivity index (χ1) is 1.73. The van der Waals surface area contributed by atoms with Crippen molar-refractivity contribution >= 4 is 37.7 Å². The molecule has 5 heavy (non-hydrogen) atoms. The Bertz CT molecular complexity index is 29.9. The van der Waals surface area contributed by atoms with Gasteiger partial charge in [0.2, 0.25) is 0 Å². The fraction of sp³-hybridized carbons (Fsp3) is 0. The summed E-state index contributed by atoms with van der Waals surface area (Å²) in [7, 11) is 0. The number of hydrogen-bond donors (Lipinski definition) is 0. The van der Waals surface area contributed by atoms with Crippen molar-refractivity contribution in [3.63, 3.8) is 0 Å². The van der Waals surface area contributed by atoms with E-state index in [1.54, 1.807) is 0 Å². The van der Waals surface area contributed by atoms with Crippen LogP contribution in [-0.4, -0.2) is 37.7 Å². The van der Waals surface area contributed by atoms with Gasteiger partial charge in [-0.05, 0) is 0 Å². The normalized spacial score (nSPS) is 7.00. The SMILES string of the molecule is [Ca+2].[O]=[Cr]([O-])[O-]. The third-order valence-corrected chi connectivity index (χ3v) is 0. The summed E-state index contributed by atoms with van der Waals surface area (Å²) in [5.41, 5.74) is 0. The summed E-state index contributed by atoms with van der Waals surface area (Å²) in [6.07, 6.45) is 0. The maximum atomic E-state index is 8.54. The van der Waals surface area contributed by atoms with E-state index in [2.05, 4.69) is 0 Å². The fourth-order valence-electron chi connectivity index (χ4n) is 0. The van der Waals surface area contributed by atoms with Gasteiger partial charge < -0.3 is 0 Å². The van der Waals surface area contributed by atoms with Crippen LogP contribution in [0.2, 0.25) is 0 Å². The molecule has 0 aromatic carbocycles. The fourth-order valence-corrected chi connectivity index (χ4v) is 0. The van der Waals surface area contributed by atoms with E-state index in [4.69, 9.17) is 12.1 Å². The molecule has 0 saturated heterocycles. The molecule has 0 aliphatic carbocycles. The van der Waals surface area contributed by atoms with Gasteiger partial charge in [-0.25, -0.2) is 0 Å². The zero-order valence-corrected chi connectivity index (χ0v) is 5.82. The van der Waals surface area contributed by atoms with E-state index in [1.807, 2.05) is 0 Å². The number of hydrogen-bond acceptors (Lipinski definition) is 3. The van der Waals surface area contributed by atoms with Gasteiger partial charge in [0.25, 0.3) is 0 Å². The predicted molar refractivity (Wildman–Crippen MR) is 6.44 cm³/mol. The maximum absolute atomic E-state index is 8.54. The van der Waals surface area contributed by atoms with E-state index in [0.29, 0.717) is 0 Å². The summed E-state index contributed by atoms with van der Waals surface area (Å²) < 4.78 is 25.6. The molecule has 0 aromatic heterocycles. The topological polar surface area (TPSA) is 63.2 Å². The summed E-state index contributed by atoms with van der Waals surface area (Å²) in [6, 6.07) is 0. The standard InChI is InChI=1S/Ca.Cr.3O/q+2;;;2*-1. The molecule has 0 aromatic rings. The molecule has 0 aliphatic heterocycles. The van der Waals surface area contributed by atoms with Gasteiger partial charge in [-0.15, -0.1) is 0 Å². The zero-order valence-electron chi connectivity index (χ0n) is 2.34.